The maximum Gasteiger partial charge on any atom is 0.407 e. The number of amides is 1. The Hall–Kier alpha value is -0.750. The molecule has 5 nitrogen and oxygen atoms in total. The quantitative estimate of drug-likeness (QED) is 0.621. The van der Waals surface area contributed by atoms with Crippen molar-refractivity contribution < 1.29 is 14.1 Å². The van der Waals surface area contributed by atoms with E-state index in [1.165, 1.54) is 0 Å². The van der Waals surface area contributed by atoms with E-state index in [4.69, 9.17) is 4.74 Å². The van der Waals surface area contributed by atoms with Gasteiger partial charge in [-0.25, -0.2) is 4.79 Å². The maximum atomic E-state index is 12.2. The number of carbonyl (C=O) groups excluding carboxylic acids is 1. The van der Waals surface area contributed by atoms with Crippen LogP contribution in [0.5, 0.6) is 0 Å². The van der Waals surface area contributed by atoms with Crippen LogP contribution in [0.25, 0.3) is 0 Å². The van der Waals surface area contributed by atoms with Crippen LogP contribution in [0.15, 0.2) is 4.40 Å². The molecule has 134 valence electrons. The summed E-state index contributed by atoms with van der Waals surface area (Å²) in [5.74, 6) is 0.273. The first-order valence-electron chi connectivity index (χ1n) is 8.35. The Labute approximate surface area is 144 Å². The fourth-order valence-corrected chi connectivity index (χ4v) is 3.20. The molecule has 0 aliphatic heterocycles. The Kier molecular flexibility index (Phi) is 6.95. The smallest absolute Gasteiger partial charge is 0.407 e. The minimum absolute atomic E-state index is 0.0943. The lowest BCUT2D eigenvalue weighted by atomic mass is 9.83. The van der Waals surface area contributed by atoms with Crippen LogP contribution in [0.2, 0.25) is 0 Å². The summed E-state index contributed by atoms with van der Waals surface area (Å²) in [6.07, 6.45) is 3.47. The van der Waals surface area contributed by atoms with Crippen molar-refractivity contribution in [2.45, 2.75) is 90.5 Å². The van der Waals surface area contributed by atoms with Crippen LogP contribution >= 0.6 is 0 Å². The van der Waals surface area contributed by atoms with Gasteiger partial charge in [0.1, 0.15) is 21.7 Å². The molecule has 6 heteroatoms. The Morgan fingerprint density at radius 2 is 1.83 bits per heavy atom. The molecule has 0 heterocycles. The number of carbonyl (C=O) groups is 1. The van der Waals surface area contributed by atoms with Crippen LogP contribution in [-0.2, 0) is 16.1 Å². The molecule has 0 radical (unpaired) electrons. The fraction of sp³-hybridized carbons (Fsp3) is 0.882. The summed E-state index contributed by atoms with van der Waals surface area (Å²) in [7, 11) is 0. The molecule has 1 rings (SSSR count). The lowest BCUT2D eigenvalue weighted by Crippen LogP contribution is -2.42. The molecule has 1 saturated carbocycles. The molecule has 1 N–H and O–H groups in total. The number of ether oxygens (including phenoxy) is 1. The van der Waals surface area contributed by atoms with Gasteiger partial charge in [0.15, 0.2) is 0 Å². The minimum Gasteiger partial charge on any atom is -0.591 e. The first-order chi connectivity index (χ1) is 10.4. The number of hydrogen-bond donors (Lipinski definition) is 1. The predicted octanol–water partition coefficient (Wildman–Crippen LogP) is 3.99. The molecule has 1 fully saturated rings. The van der Waals surface area contributed by atoms with Crippen molar-refractivity contribution in [2.24, 2.45) is 10.3 Å². The van der Waals surface area contributed by atoms with E-state index >= 15 is 0 Å². The third-order valence-electron chi connectivity index (χ3n) is 3.74. The number of nitrogens with one attached hydrogen (secondary N) is 1. The first-order valence-corrected chi connectivity index (χ1v) is 9.46. The van der Waals surface area contributed by atoms with Crippen molar-refractivity contribution in [3.63, 3.8) is 0 Å². The standard InChI is InChI=1S/C17H32N2O3S/c1-12(19-23(21)17(5,6)7)13-9-8-10-14(11-13)18-15(20)22-16(2,3)4/h13-14H,8-11H2,1-7H3,(H,18,20)/t13-,14+,23?/m0/s1. The SMILES string of the molecule is CC(=N[S+]([O-])C(C)(C)C)[C@H]1CCC[C@@H](NC(=O)OC(C)(C)C)C1. The van der Waals surface area contributed by atoms with E-state index in [1.54, 1.807) is 0 Å². The Balaban J connectivity index is 2.61. The second kappa shape index (κ2) is 7.88. The van der Waals surface area contributed by atoms with E-state index in [-0.39, 0.29) is 22.8 Å². The number of rotatable bonds is 3. The highest BCUT2D eigenvalue weighted by Crippen LogP contribution is 2.27. The Bertz CT molecular complexity index is 438. The van der Waals surface area contributed by atoms with Crippen molar-refractivity contribution in [1.82, 2.24) is 5.32 Å². The van der Waals surface area contributed by atoms with Crippen LogP contribution < -0.4 is 5.32 Å². The zero-order valence-corrected chi connectivity index (χ0v) is 16.4. The summed E-state index contributed by atoms with van der Waals surface area (Å²) < 4.78 is 21.5. The summed E-state index contributed by atoms with van der Waals surface area (Å²) in [4.78, 5) is 11.9. The number of alkyl carbamates (subject to hydrolysis) is 1. The fourth-order valence-electron chi connectivity index (χ4n) is 2.52. The van der Waals surface area contributed by atoms with E-state index in [0.717, 1.165) is 31.4 Å². The van der Waals surface area contributed by atoms with E-state index in [0.29, 0.717) is 0 Å². The monoisotopic (exact) mass is 344 g/mol. The van der Waals surface area contributed by atoms with Gasteiger partial charge in [0.25, 0.3) is 0 Å². The topological polar surface area (TPSA) is 73.8 Å². The third-order valence-corrected chi connectivity index (χ3v) is 5.24. The number of nitrogens with zero attached hydrogens (tertiary/aromatic N) is 1. The van der Waals surface area contributed by atoms with Crippen LogP contribution in [-0.4, -0.2) is 32.7 Å². The van der Waals surface area contributed by atoms with Crippen molar-refractivity contribution in [3.8, 4) is 0 Å². The van der Waals surface area contributed by atoms with Crippen LogP contribution in [0.3, 0.4) is 0 Å². The lowest BCUT2D eigenvalue weighted by molar-refractivity contribution is 0.0489. The first kappa shape index (κ1) is 20.3. The zero-order valence-electron chi connectivity index (χ0n) is 15.6. The van der Waals surface area contributed by atoms with E-state index in [2.05, 4.69) is 9.71 Å². The predicted molar refractivity (Wildman–Crippen MR) is 96.1 cm³/mol. The Morgan fingerprint density at radius 3 is 2.35 bits per heavy atom. The molecule has 23 heavy (non-hydrogen) atoms. The molecule has 3 atom stereocenters. The van der Waals surface area contributed by atoms with Gasteiger partial charge in [0, 0.05) is 12.0 Å². The summed E-state index contributed by atoms with van der Waals surface area (Å²) in [6.45, 7) is 13.3. The van der Waals surface area contributed by atoms with Gasteiger partial charge < -0.3 is 14.6 Å². The van der Waals surface area contributed by atoms with Gasteiger partial charge >= 0.3 is 6.09 Å². The highest BCUT2D eigenvalue weighted by Gasteiger charge is 2.30. The summed E-state index contributed by atoms with van der Waals surface area (Å²) >= 11 is -1.23. The molecule has 1 amide bonds. The molecule has 0 aromatic rings. The third kappa shape index (κ3) is 7.57. The van der Waals surface area contributed by atoms with Gasteiger partial charge in [-0.1, -0.05) is 10.8 Å². The average molecular weight is 345 g/mol. The van der Waals surface area contributed by atoms with Gasteiger partial charge in [0.05, 0.1) is 5.71 Å². The molecule has 0 spiro atoms. The lowest BCUT2D eigenvalue weighted by Gasteiger charge is -2.30. The van der Waals surface area contributed by atoms with Crippen molar-refractivity contribution in [2.75, 3.05) is 0 Å². The summed E-state index contributed by atoms with van der Waals surface area (Å²) in [6, 6.07) is 0.0943. The average Bonchev–Trinajstić information content (AvgIpc) is 2.35. The maximum absolute atomic E-state index is 12.2. The van der Waals surface area contributed by atoms with Crippen LogP contribution in [0, 0.1) is 5.92 Å². The molecule has 1 aliphatic rings. The van der Waals surface area contributed by atoms with E-state index in [9.17, 15) is 9.35 Å². The van der Waals surface area contributed by atoms with Crippen LogP contribution in [0.4, 0.5) is 4.79 Å². The molecule has 1 unspecified atom stereocenters. The molecule has 1 aliphatic carbocycles. The molecular weight excluding hydrogens is 312 g/mol. The van der Waals surface area contributed by atoms with Crippen LogP contribution in [0.1, 0.15) is 74.1 Å². The van der Waals surface area contributed by atoms with E-state index in [1.807, 2.05) is 48.5 Å². The van der Waals surface area contributed by atoms with Gasteiger partial charge in [-0.05, 0) is 67.7 Å². The second-order valence-electron chi connectivity index (χ2n) is 8.30. The number of hydrogen-bond acceptors (Lipinski definition) is 4. The Morgan fingerprint density at radius 1 is 1.22 bits per heavy atom. The van der Waals surface area contributed by atoms with Gasteiger partial charge in [-0.2, -0.15) is 0 Å². The second-order valence-corrected chi connectivity index (χ2v) is 10.2. The highest BCUT2D eigenvalue weighted by atomic mass is 32.2. The van der Waals surface area contributed by atoms with Gasteiger partial charge in [0.2, 0.25) is 0 Å². The molecule has 0 bridgehead atoms. The van der Waals surface area contributed by atoms with E-state index < -0.39 is 17.0 Å². The summed E-state index contributed by atoms with van der Waals surface area (Å²) in [5.41, 5.74) is 0.438. The minimum atomic E-state index is -1.23. The molecule has 0 aromatic carbocycles. The largest absolute Gasteiger partial charge is 0.591 e. The summed E-state index contributed by atoms with van der Waals surface area (Å²) in [5, 5.41) is 2.95. The molecule has 0 saturated heterocycles. The molecular formula is C17H32N2O3S. The zero-order chi connectivity index (χ0) is 17.8. The van der Waals surface area contributed by atoms with Gasteiger partial charge in [-0.3, -0.25) is 0 Å². The van der Waals surface area contributed by atoms with Crippen molar-refractivity contribution in [3.05, 3.63) is 0 Å². The molecule has 0 aromatic heterocycles. The normalized spacial score (nSPS) is 25.0. The van der Waals surface area contributed by atoms with Crippen molar-refractivity contribution >= 4 is 23.2 Å². The highest BCUT2D eigenvalue weighted by molar-refractivity contribution is 7.91. The van der Waals surface area contributed by atoms with Gasteiger partial charge in [-0.15, -0.1) is 0 Å². The van der Waals surface area contributed by atoms with Crippen molar-refractivity contribution in [1.29, 1.82) is 0 Å².